The van der Waals surface area contributed by atoms with Crippen LogP contribution < -0.4 is 0 Å². The molecule has 8 heteroatoms. The van der Waals surface area contributed by atoms with Crippen LogP contribution in [0.25, 0.3) is 28.1 Å². The third-order valence-corrected chi connectivity index (χ3v) is 5.06. The zero-order chi connectivity index (χ0) is 23.3. The molecule has 7 nitrogen and oxygen atoms in total. The van der Waals surface area contributed by atoms with Crippen molar-refractivity contribution in [3.63, 3.8) is 0 Å². The molecule has 0 aliphatic heterocycles. The number of carboxylic acids is 1. The summed E-state index contributed by atoms with van der Waals surface area (Å²) in [7, 11) is 0. The Hall–Kier alpha value is -3.36. The number of carbonyl (C=O) groups is 1. The number of rotatable bonds is 10. The molecule has 0 spiro atoms. The van der Waals surface area contributed by atoms with E-state index in [1.54, 1.807) is 24.5 Å². The van der Waals surface area contributed by atoms with Gasteiger partial charge in [0.2, 0.25) is 0 Å². The maximum absolute atomic E-state index is 13.6. The first kappa shape index (κ1) is 23.3. The van der Waals surface area contributed by atoms with Crippen LogP contribution in [0.1, 0.15) is 32.0 Å². The number of carboxylic acid groups (broad SMARTS) is 1. The summed E-state index contributed by atoms with van der Waals surface area (Å²) >= 11 is 0. The first-order valence-corrected chi connectivity index (χ1v) is 10.3. The molecular weight excluding hydrogens is 413 g/mol. The van der Waals surface area contributed by atoms with Gasteiger partial charge in [-0.1, -0.05) is 6.58 Å². The van der Waals surface area contributed by atoms with Crippen molar-refractivity contribution in [2.45, 2.75) is 44.9 Å². The summed E-state index contributed by atoms with van der Waals surface area (Å²) in [6.45, 7) is 6.20. The Morgan fingerprint density at radius 1 is 1.09 bits per heavy atom. The van der Waals surface area contributed by atoms with Gasteiger partial charge in [-0.2, -0.15) is 0 Å². The van der Waals surface area contributed by atoms with Gasteiger partial charge in [0.25, 0.3) is 0 Å². The molecule has 168 valence electrons. The molecule has 3 aromatic rings. The van der Waals surface area contributed by atoms with E-state index in [9.17, 15) is 19.4 Å². The predicted molar refractivity (Wildman–Crippen MR) is 119 cm³/mol. The Kier molecular flexibility index (Phi) is 7.50. The molecule has 0 amide bonds. The van der Waals surface area contributed by atoms with Crippen LogP contribution in [-0.4, -0.2) is 48.0 Å². The van der Waals surface area contributed by atoms with Crippen LogP contribution in [-0.2, 0) is 11.3 Å². The monoisotopic (exact) mass is 439 g/mol. The van der Waals surface area contributed by atoms with Gasteiger partial charge in [0.15, 0.2) is 0 Å². The summed E-state index contributed by atoms with van der Waals surface area (Å²) in [5.41, 5.74) is 3.72. The summed E-state index contributed by atoms with van der Waals surface area (Å²) in [6, 6.07) is 9.75. The minimum atomic E-state index is -1.13. The van der Waals surface area contributed by atoms with E-state index in [0.29, 0.717) is 23.6 Å². The van der Waals surface area contributed by atoms with Crippen molar-refractivity contribution in [3.05, 3.63) is 67.0 Å². The van der Waals surface area contributed by atoms with E-state index in [1.807, 2.05) is 23.6 Å². The van der Waals surface area contributed by atoms with Crippen LogP contribution in [0.4, 0.5) is 4.39 Å². The molecule has 0 aliphatic rings. The first-order chi connectivity index (χ1) is 15.3. The topological polar surface area (TPSA) is 108 Å². The summed E-state index contributed by atoms with van der Waals surface area (Å²) in [4.78, 5) is 19.6. The van der Waals surface area contributed by atoms with Gasteiger partial charge in [-0.15, -0.1) is 0 Å². The highest BCUT2D eigenvalue weighted by Gasteiger charge is 2.22. The average Bonchev–Trinajstić information content (AvgIpc) is 3.12. The lowest BCUT2D eigenvalue weighted by molar-refractivity contribution is -0.139. The molecule has 0 aliphatic carbocycles. The Morgan fingerprint density at radius 2 is 1.75 bits per heavy atom. The predicted octanol–water partition coefficient (Wildman–Crippen LogP) is 3.76. The second-order valence-electron chi connectivity index (χ2n) is 7.74. The maximum Gasteiger partial charge on any atom is 0.305 e. The van der Waals surface area contributed by atoms with Crippen molar-refractivity contribution in [2.75, 3.05) is 0 Å². The third-order valence-electron chi connectivity index (χ3n) is 5.06. The van der Waals surface area contributed by atoms with E-state index >= 15 is 0 Å². The van der Waals surface area contributed by atoms with Crippen LogP contribution >= 0.6 is 0 Å². The van der Waals surface area contributed by atoms with Crippen LogP contribution in [0, 0.1) is 5.82 Å². The summed E-state index contributed by atoms with van der Waals surface area (Å²) < 4.78 is 15.5. The smallest absolute Gasteiger partial charge is 0.305 e. The van der Waals surface area contributed by atoms with Gasteiger partial charge in [0.05, 0.1) is 30.0 Å². The Labute approximate surface area is 185 Å². The van der Waals surface area contributed by atoms with Crippen molar-refractivity contribution in [1.29, 1.82) is 0 Å². The van der Waals surface area contributed by atoms with Gasteiger partial charge in [0, 0.05) is 30.1 Å². The highest BCUT2D eigenvalue weighted by Crippen LogP contribution is 2.35. The van der Waals surface area contributed by atoms with Crippen LogP contribution in [0.15, 0.2) is 55.4 Å². The molecule has 0 saturated carbocycles. The van der Waals surface area contributed by atoms with Crippen molar-refractivity contribution in [2.24, 2.45) is 0 Å². The van der Waals surface area contributed by atoms with Gasteiger partial charge in [-0.25, -0.2) is 9.37 Å². The maximum atomic E-state index is 13.6. The molecule has 3 N–H and O–H groups in total. The number of halogens is 1. The summed E-state index contributed by atoms with van der Waals surface area (Å²) in [5, 5.41) is 29.0. The number of hydrogen-bond donors (Lipinski definition) is 3. The van der Waals surface area contributed by atoms with Gasteiger partial charge >= 0.3 is 5.97 Å². The molecule has 2 heterocycles. The van der Waals surface area contributed by atoms with E-state index in [-0.39, 0.29) is 18.7 Å². The fourth-order valence-electron chi connectivity index (χ4n) is 3.60. The molecular formula is C24H26FN3O4. The summed E-state index contributed by atoms with van der Waals surface area (Å²) in [6.07, 6.45) is 1.08. The van der Waals surface area contributed by atoms with Gasteiger partial charge in [0.1, 0.15) is 11.6 Å². The number of benzene rings is 1. The number of aliphatic carboxylic acids is 1. The fraction of sp³-hybridized carbons (Fsp3) is 0.292. The first-order valence-electron chi connectivity index (χ1n) is 10.3. The van der Waals surface area contributed by atoms with Crippen LogP contribution in [0.2, 0.25) is 0 Å². The van der Waals surface area contributed by atoms with Gasteiger partial charge < -0.3 is 19.9 Å². The highest BCUT2D eigenvalue weighted by molar-refractivity contribution is 5.81. The number of allylic oxidation sites excluding steroid dienone is 1. The van der Waals surface area contributed by atoms with Crippen molar-refractivity contribution < 1.29 is 24.5 Å². The molecule has 1 aromatic carbocycles. The van der Waals surface area contributed by atoms with E-state index in [0.717, 1.165) is 16.8 Å². The molecule has 0 fully saturated rings. The minimum absolute atomic E-state index is 0.0491. The zero-order valence-corrected chi connectivity index (χ0v) is 17.8. The fourth-order valence-corrected chi connectivity index (χ4v) is 3.60. The number of pyridine rings is 1. The van der Waals surface area contributed by atoms with Crippen LogP contribution in [0.3, 0.4) is 0 Å². The van der Waals surface area contributed by atoms with Crippen molar-refractivity contribution in [1.82, 2.24) is 14.5 Å². The van der Waals surface area contributed by atoms with Crippen molar-refractivity contribution >= 4 is 11.5 Å². The molecule has 2 atom stereocenters. The number of aliphatic hydroxyl groups excluding tert-OH is 2. The van der Waals surface area contributed by atoms with E-state index in [4.69, 9.17) is 10.1 Å². The Balaban J connectivity index is 2.00. The average molecular weight is 439 g/mol. The molecule has 3 rings (SSSR count). The van der Waals surface area contributed by atoms with Gasteiger partial charge in [-0.05, 0) is 61.7 Å². The number of imidazole rings is 1. The lowest BCUT2D eigenvalue weighted by Gasteiger charge is -2.17. The molecule has 0 saturated heterocycles. The Bertz CT molecular complexity index is 1080. The summed E-state index contributed by atoms with van der Waals surface area (Å²) in [5.74, 6) is -0.855. The molecule has 32 heavy (non-hydrogen) atoms. The molecule has 0 bridgehead atoms. The van der Waals surface area contributed by atoms with Gasteiger partial charge in [-0.3, -0.25) is 9.78 Å². The van der Waals surface area contributed by atoms with E-state index in [2.05, 4.69) is 11.6 Å². The SMILES string of the molecule is C=C(C)c1nc(-c2ccncc2)c(-c2ccc(F)cc2)n1CCC(O)CC(O)CC(=O)O. The number of aliphatic hydroxyl groups is 2. The third kappa shape index (κ3) is 5.66. The quantitative estimate of drug-likeness (QED) is 0.444. The van der Waals surface area contributed by atoms with Crippen molar-refractivity contribution in [3.8, 4) is 22.5 Å². The highest BCUT2D eigenvalue weighted by atomic mass is 19.1. The molecule has 0 radical (unpaired) electrons. The normalized spacial score (nSPS) is 13.0. The number of nitrogens with zero attached hydrogens (tertiary/aromatic N) is 3. The number of hydrogen-bond acceptors (Lipinski definition) is 5. The standard InChI is InChI=1S/C24H26FN3O4/c1-15(2)24-27-22(16-7-10-26-11-8-16)23(17-3-5-18(25)6-4-17)28(24)12-9-19(29)13-20(30)14-21(31)32/h3-8,10-11,19-20,29-30H,1,9,12-14H2,2H3,(H,31,32). The minimum Gasteiger partial charge on any atom is -0.481 e. The molecule has 2 unspecified atom stereocenters. The van der Waals surface area contributed by atoms with E-state index in [1.165, 1.54) is 12.1 Å². The largest absolute Gasteiger partial charge is 0.481 e. The second kappa shape index (κ2) is 10.3. The number of aromatic nitrogens is 3. The van der Waals surface area contributed by atoms with E-state index < -0.39 is 24.6 Å². The second-order valence-corrected chi connectivity index (χ2v) is 7.74. The lowest BCUT2D eigenvalue weighted by Crippen LogP contribution is -2.22. The Morgan fingerprint density at radius 3 is 2.34 bits per heavy atom. The lowest BCUT2D eigenvalue weighted by atomic mass is 10.0. The molecule has 2 aromatic heterocycles. The zero-order valence-electron chi connectivity index (χ0n) is 17.8. The van der Waals surface area contributed by atoms with Crippen LogP contribution in [0.5, 0.6) is 0 Å².